The Labute approximate surface area is 132 Å². The number of hydrogen-bond acceptors (Lipinski definition) is 5. The van der Waals surface area contributed by atoms with Crippen molar-refractivity contribution in [2.24, 2.45) is 0 Å². The van der Waals surface area contributed by atoms with Crippen LogP contribution in [0.15, 0.2) is 46.9 Å². The Balaban J connectivity index is 1.48. The molecular formula is C17H14FN3O2. The number of rotatable bonds is 4. The molecule has 1 aliphatic rings. The summed E-state index contributed by atoms with van der Waals surface area (Å²) < 4.78 is 24.2. The van der Waals surface area contributed by atoms with E-state index in [1.807, 2.05) is 24.3 Å². The molecule has 1 aromatic heterocycles. The summed E-state index contributed by atoms with van der Waals surface area (Å²) in [5.41, 5.74) is 2.81. The molecule has 6 heteroatoms. The highest BCUT2D eigenvalue weighted by Gasteiger charge is 2.15. The lowest BCUT2D eigenvalue weighted by atomic mass is 10.1. The highest BCUT2D eigenvalue weighted by Crippen LogP contribution is 2.30. The first-order chi connectivity index (χ1) is 11.3. The molecule has 0 radical (unpaired) electrons. The van der Waals surface area contributed by atoms with Crippen molar-refractivity contribution in [2.45, 2.75) is 13.0 Å². The molecule has 0 unspecified atom stereocenters. The van der Waals surface area contributed by atoms with E-state index in [1.165, 1.54) is 12.1 Å². The van der Waals surface area contributed by atoms with Gasteiger partial charge in [0.05, 0.1) is 6.61 Å². The molecule has 0 atom stereocenters. The first kappa shape index (κ1) is 13.8. The fraction of sp³-hybridized carbons (Fsp3) is 0.176. The quantitative estimate of drug-likeness (QED) is 0.800. The van der Waals surface area contributed by atoms with Crippen LogP contribution in [-0.2, 0) is 13.0 Å². The molecule has 0 amide bonds. The van der Waals surface area contributed by atoms with Gasteiger partial charge in [0.25, 0.3) is 0 Å². The second kappa shape index (κ2) is 5.72. The zero-order valence-electron chi connectivity index (χ0n) is 12.3. The number of nitrogens with one attached hydrogen (secondary N) is 1. The maximum Gasteiger partial charge on any atom is 0.316 e. The monoisotopic (exact) mass is 311 g/mol. The number of fused-ring (bicyclic) bond motifs is 1. The molecule has 4 rings (SSSR count). The van der Waals surface area contributed by atoms with Crippen LogP contribution in [0.5, 0.6) is 5.75 Å². The molecule has 3 aromatic rings. The molecule has 0 fully saturated rings. The predicted molar refractivity (Wildman–Crippen MR) is 82.7 cm³/mol. The first-order valence-electron chi connectivity index (χ1n) is 7.36. The fourth-order valence-corrected chi connectivity index (χ4v) is 2.56. The molecule has 0 spiro atoms. The molecule has 116 valence electrons. The molecule has 5 nitrogen and oxygen atoms in total. The predicted octanol–water partition coefficient (Wildman–Crippen LogP) is 3.42. The molecule has 1 aliphatic heterocycles. The lowest BCUT2D eigenvalue weighted by Crippen LogP contribution is -1.99. The van der Waals surface area contributed by atoms with Crippen molar-refractivity contribution in [3.63, 3.8) is 0 Å². The summed E-state index contributed by atoms with van der Waals surface area (Å²) in [4.78, 5) is 0. The van der Waals surface area contributed by atoms with Crippen LogP contribution >= 0.6 is 0 Å². The summed E-state index contributed by atoms with van der Waals surface area (Å²) in [5, 5.41) is 11.0. The molecule has 0 bridgehead atoms. The van der Waals surface area contributed by atoms with Crippen LogP contribution in [-0.4, -0.2) is 16.8 Å². The van der Waals surface area contributed by atoms with E-state index in [-0.39, 0.29) is 5.82 Å². The van der Waals surface area contributed by atoms with Gasteiger partial charge in [-0.1, -0.05) is 17.2 Å². The van der Waals surface area contributed by atoms with Crippen molar-refractivity contribution in [3.05, 3.63) is 59.4 Å². The minimum Gasteiger partial charge on any atom is -0.493 e. The summed E-state index contributed by atoms with van der Waals surface area (Å²) in [6.45, 7) is 1.13. The van der Waals surface area contributed by atoms with Crippen molar-refractivity contribution in [1.82, 2.24) is 10.2 Å². The SMILES string of the molecule is Fc1cccc(CNc2nnc(-c3ccc4c(c3)CCO4)o2)c1. The number of ether oxygens (including phenoxy) is 1. The largest absolute Gasteiger partial charge is 0.493 e. The van der Waals surface area contributed by atoms with Crippen LogP contribution in [0.25, 0.3) is 11.5 Å². The summed E-state index contributed by atoms with van der Waals surface area (Å²) in [6.07, 6.45) is 0.891. The summed E-state index contributed by atoms with van der Waals surface area (Å²) in [6, 6.07) is 12.5. The van der Waals surface area contributed by atoms with Crippen LogP contribution in [0.1, 0.15) is 11.1 Å². The van der Waals surface area contributed by atoms with E-state index < -0.39 is 0 Å². The van der Waals surface area contributed by atoms with Crippen molar-refractivity contribution < 1.29 is 13.5 Å². The van der Waals surface area contributed by atoms with E-state index in [2.05, 4.69) is 15.5 Å². The van der Waals surface area contributed by atoms with Gasteiger partial charge in [-0.2, -0.15) is 0 Å². The molecule has 0 saturated heterocycles. The van der Waals surface area contributed by atoms with E-state index in [4.69, 9.17) is 9.15 Å². The summed E-state index contributed by atoms with van der Waals surface area (Å²) >= 11 is 0. The van der Waals surface area contributed by atoms with E-state index in [1.54, 1.807) is 6.07 Å². The number of hydrogen-bond donors (Lipinski definition) is 1. The number of halogens is 1. The van der Waals surface area contributed by atoms with Gasteiger partial charge >= 0.3 is 6.01 Å². The lowest BCUT2D eigenvalue weighted by Gasteiger charge is -2.02. The minimum atomic E-state index is -0.268. The van der Waals surface area contributed by atoms with Crippen LogP contribution in [0.3, 0.4) is 0 Å². The number of benzene rings is 2. The van der Waals surface area contributed by atoms with Gasteiger partial charge in [0.2, 0.25) is 5.89 Å². The fourth-order valence-electron chi connectivity index (χ4n) is 2.56. The Morgan fingerprint density at radius 1 is 1.13 bits per heavy atom. The molecule has 0 aliphatic carbocycles. The standard InChI is InChI=1S/C17H14FN3O2/c18-14-3-1-2-11(8-14)10-19-17-21-20-16(23-17)13-4-5-15-12(9-13)6-7-22-15/h1-5,8-9H,6-7,10H2,(H,19,21). The zero-order chi connectivity index (χ0) is 15.6. The molecule has 0 saturated carbocycles. The van der Waals surface area contributed by atoms with Gasteiger partial charge in [-0.25, -0.2) is 4.39 Å². The van der Waals surface area contributed by atoms with Gasteiger partial charge in [0.1, 0.15) is 11.6 Å². The normalized spacial score (nSPS) is 12.7. The van der Waals surface area contributed by atoms with Gasteiger partial charge in [-0.05, 0) is 41.5 Å². The van der Waals surface area contributed by atoms with Crippen molar-refractivity contribution in [1.29, 1.82) is 0 Å². The Kier molecular flexibility index (Phi) is 3.42. The Bertz CT molecular complexity index is 847. The van der Waals surface area contributed by atoms with E-state index in [0.717, 1.165) is 28.9 Å². The highest BCUT2D eigenvalue weighted by molar-refractivity contribution is 5.58. The molecule has 23 heavy (non-hydrogen) atoms. The summed E-state index contributed by atoms with van der Waals surface area (Å²) in [7, 11) is 0. The third kappa shape index (κ3) is 2.88. The molecule has 2 heterocycles. The average molecular weight is 311 g/mol. The van der Waals surface area contributed by atoms with Crippen LogP contribution in [0, 0.1) is 5.82 Å². The Morgan fingerprint density at radius 3 is 3.00 bits per heavy atom. The van der Waals surface area contributed by atoms with Gasteiger partial charge in [0, 0.05) is 18.5 Å². The first-order valence-corrected chi connectivity index (χ1v) is 7.36. The van der Waals surface area contributed by atoms with Crippen LogP contribution in [0.4, 0.5) is 10.4 Å². The average Bonchev–Trinajstić information content (AvgIpc) is 3.21. The third-order valence-electron chi connectivity index (χ3n) is 3.69. The van der Waals surface area contributed by atoms with Gasteiger partial charge in [0.15, 0.2) is 0 Å². The van der Waals surface area contributed by atoms with E-state index in [0.29, 0.717) is 25.1 Å². The number of nitrogens with zero attached hydrogens (tertiary/aromatic N) is 2. The maximum atomic E-state index is 13.1. The van der Waals surface area contributed by atoms with Crippen molar-refractivity contribution in [2.75, 3.05) is 11.9 Å². The second-order valence-electron chi connectivity index (χ2n) is 5.32. The highest BCUT2D eigenvalue weighted by atomic mass is 19.1. The molecule has 2 aromatic carbocycles. The lowest BCUT2D eigenvalue weighted by molar-refractivity contribution is 0.357. The Morgan fingerprint density at radius 2 is 2.09 bits per heavy atom. The van der Waals surface area contributed by atoms with Gasteiger partial charge in [-0.15, -0.1) is 5.10 Å². The van der Waals surface area contributed by atoms with E-state index in [9.17, 15) is 4.39 Å². The van der Waals surface area contributed by atoms with Gasteiger partial charge in [-0.3, -0.25) is 0 Å². The maximum absolute atomic E-state index is 13.1. The van der Waals surface area contributed by atoms with Gasteiger partial charge < -0.3 is 14.5 Å². The van der Waals surface area contributed by atoms with Crippen LogP contribution in [0.2, 0.25) is 0 Å². The van der Waals surface area contributed by atoms with Crippen LogP contribution < -0.4 is 10.1 Å². The number of anilines is 1. The zero-order valence-corrected chi connectivity index (χ0v) is 12.3. The third-order valence-corrected chi connectivity index (χ3v) is 3.69. The minimum absolute atomic E-state index is 0.268. The second-order valence-corrected chi connectivity index (χ2v) is 5.32. The van der Waals surface area contributed by atoms with Crippen molar-refractivity contribution in [3.8, 4) is 17.2 Å². The number of aromatic nitrogens is 2. The summed E-state index contributed by atoms with van der Waals surface area (Å²) in [5.74, 6) is 1.09. The topological polar surface area (TPSA) is 60.2 Å². The molecule has 1 N–H and O–H groups in total. The molecular weight excluding hydrogens is 297 g/mol. The van der Waals surface area contributed by atoms with E-state index >= 15 is 0 Å². The van der Waals surface area contributed by atoms with Crippen molar-refractivity contribution >= 4 is 6.01 Å². The Hall–Kier alpha value is -2.89. The smallest absolute Gasteiger partial charge is 0.316 e.